The Labute approximate surface area is 193 Å². The molecule has 6 nitrogen and oxygen atoms in total. The van der Waals surface area contributed by atoms with E-state index in [4.69, 9.17) is 0 Å². The third-order valence-corrected chi connectivity index (χ3v) is 4.46. The highest BCUT2D eigenvalue weighted by atomic mass is 127. The summed E-state index contributed by atoms with van der Waals surface area (Å²) in [6.07, 6.45) is 3.85. The van der Waals surface area contributed by atoms with Crippen LogP contribution in [0.1, 0.15) is 23.6 Å². The lowest BCUT2D eigenvalue weighted by Crippen LogP contribution is -2.38. The number of hydrogen-bond acceptors (Lipinski definition) is 3. The van der Waals surface area contributed by atoms with Gasteiger partial charge in [-0.15, -0.1) is 24.0 Å². The molecule has 1 heterocycles. The highest BCUT2D eigenvalue weighted by molar-refractivity contribution is 14.0. The van der Waals surface area contributed by atoms with E-state index in [1.165, 1.54) is 6.07 Å². The molecule has 30 heavy (non-hydrogen) atoms. The van der Waals surface area contributed by atoms with Crippen LogP contribution in [0.4, 0.5) is 4.39 Å². The number of para-hydroxylation sites is 1. The largest absolute Gasteiger partial charge is 0.392 e. The van der Waals surface area contributed by atoms with Crippen molar-refractivity contribution in [1.29, 1.82) is 0 Å². The average Bonchev–Trinajstić information content (AvgIpc) is 3.21. The van der Waals surface area contributed by atoms with E-state index in [0.717, 1.165) is 29.3 Å². The Bertz CT molecular complexity index is 961. The van der Waals surface area contributed by atoms with Crippen LogP contribution < -0.4 is 5.32 Å². The van der Waals surface area contributed by atoms with E-state index >= 15 is 0 Å². The molecule has 160 valence electrons. The Balaban J connectivity index is 0.00000320. The summed E-state index contributed by atoms with van der Waals surface area (Å²) in [6, 6.07) is 14.7. The van der Waals surface area contributed by atoms with Crippen molar-refractivity contribution in [1.82, 2.24) is 20.0 Å². The maximum atomic E-state index is 13.6. The van der Waals surface area contributed by atoms with Crippen LogP contribution in [0.15, 0.2) is 65.9 Å². The Morgan fingerprint density at radius 1 is 1.20 bits per heavy atom. The molecule has 8 heteroatoms. The summed E-state index contributed by atoms with van der Waals surface area (Å²) in [5.41, 5.74) is 3.20. The average molecular weight is 523 g/mol. The molecule has 0 amide bonds. The monoisotopic (exact) mass is 523 g/mol. The summed E-state index contributed by atoms with van der Waals surface area (Å²) in [5, 5.41) is 16.9. The van der Waals surface area contributed by atoms with Crippen LogP contribution in [0.2, 0.25) is 0 Å². The van der Waals surface area contributed by atoms with Crippen LogP contribution in [0.3, 0.4) is 0 Å². The van der Waals surface area contributed by atoms with Crippen LogP contribution in [0.5, 0.6) is 0 Å². The molecular weight excluding hydrogens is 496 g/mol. The zero-order valence-electron chi connectivity index (χ0n) is 17.1. The highest BCUT2D eigenvalue weighted by Gasteiger charge is 2.09. The first-order valence-corrected chi connectivity index (χ1v) is 9.57. The molecule has 0 radical (unpaired) electrons. The zero-order valence-corrected chi connectivity index (χ0v) is 19.5. The number of benzene rings is 2. The Morgan fingerprint density at radius 2 is 1.97 bits per heavy atom. The molecule has 0 atom stereocenters. The maximum Gasteiger partial charge on any atom is 0.194 e. The Kier molecular flexibility index (Phi) is 9.25. The standard InChI is InChI=1S/C22H26FN5O.HI/c1-3-24-22(25-12-17-9-10-21(23)19(11-17)16-29)27(2)14-18-13-26-28(15-18)20-7-5-4-6-8-20;/h4-11,13,15,29H,3,12,14,16H2,1-2H3,(H,24,25);1H. The fraction of sp³-hybridized carbons (Fsp3) is 0.273. The molecule has 3 rings (SSSR count). The van der Waals surface area contributed by atoms with Gasteiger partial charge in [-0.05, 0) is 36.8 Å². The molecule has 0 bridgehead atoms. The lowest BCUT2D eigenvalue weighted by atomic mass is 10.1. The van der Waals surface area contributed by atoms with E-state index in [1.807, 2.05) is 66.3 Å². The molecule has 2 aromatic carbocycles. The van der Waals surface area contributed by atoms with Gasteiger partial charge in [-0.3, -0.25) is 0 Å². The van der Waals surface area contributed by atoms with E-state index in [1.54, 1.807) is 12.1 Å². The first-order valence-electron chi connectivity index (χ1n) is 9.57. The van der Waals surface area contributed by atoms with Gasteiger partial charge in [0, 0.05) is 37.5 Å². The molecule has 0 fully saturated rings. The van der Waals surface area contributed by atoms with Gasteiger partial charge >= 0.3 is 0 Å². The van der Waals surface area contributed by atoms with Crippen molar-refractivity contribution < 1.29 is 9.50 Å². The summed E-state index contributed by atoms with van der Waals surface area (Å²) in [6.45, 7) is 3.46. The van der Waals surface area contributed by atoms with Crippen LogP contribution >= 0.6 is 24.0 Å². The van der Waals surface area contributed by atoms with Crippen molar-refractivity contribution in [3.8, 4) is 5.69 Å². The van der Waals surface area contributed by atoms with Crippen molar-refractivity contribution in [3.05, 3.63) is 83.4 Å². The fourth-order valence-corrected chi connectivity index (χ4v) is 3.00. The minimum atomic E-state index is -0.403. The van der Waals surface area contributed by atoms with Crippen molar-refractivity contribution in [2.45, 2.75) is 26.6 Å². The molecule has 0 unspecified atom stereocenters. The molecule has 0 saturated carbocycles. The number of nitrogens with zero attached hydrogens (tertiary/aromatic N) is 4. The normalized spacial score (nSPS) is 11.1. The molecule has 0 aliphatic rings. The summed E-state index contributed by atoms with van der Waals surface area (Å²) in [4.78, 5) is 6.67. The third kappa shape index (κ3) is 6.27. The van der Waals surface area contributed by atoms with Crippen LogP contribution in [0.25, 0.3) is 5.69 Å². The van der Waals surface area contributed by atoms with Gasteiger partial charge in [0.25, 0.3) is 0 Å². The molecule has 0 aliphatic carbocycles. The third-order valence-electron chi connectivity index (χ3n) is 4.46. The number of guanidine groups is 1. The molecule has 0 spiro atoms. The Morgan fingerprint density at radius 3 is 2.67 bits per heavy atom. The van der Waals surface area contributed by atoms with Crippen LogP contribution in [0, 0.1) is 5.82 Å². The van der Waals surface area contributed by atoms with Gasteiger partial charge in [-0.25, -0.2) is 14.1 Å². The van der Waals surface area contributed by atoms with E-state index < -0.39 is 5.82 Å². The number of nitrogens with one attached hydrogen (secondary N) is 1. The van der Waals surface area contributed by atoms with Crippen LogP contribution in [-0.4, -0.2) is 39.3 Å². The van der Waals surface area contributed by atoms with Crippen molar-refractivity contribution in [2.75, 3.05) is 13.6 Å². The fourth-order valence-electron chi connectivity index (χ4n) is 3.00. The van der Waals surface area contributed by atoms with E-state index in [0.29, 0.717) is 13.1 Å². The minimum absolute atomic E-state index is 0. The first-order chi connectivity index (χ1) is 14.1. The van der Waals surface area contributed by atoms with Crippen molar-refractivity contribution >= 4 is 29.9 Å². The number of aliphatic hydroxyl groups is 1. The summed E-state index contributed by atoms with van der Waals surface area (Å²) >= 11 is 0. The second kappa shape index (κ2) is 11.7. The van der Waals surface area contributed by atoms with Gasteiger partial charge in [0.1, 0.15) is 5.82 Å². The molecule has 2 N–H and O–H groups in total. The SMILES string of the molecule is CCNC(=NCc1ccc(F)c(CO)c1)N(C)Cc1cnn(-c2ccccc2)c1.I. The number of aromatic nitrogens is 2. The Hall–Kier alpha value is -2.46. The number of hydrogen-bond donors (Lipinski definition) is 2. The van der Waals surface area contributed by atoms with Gasteiger partial charge < -0.3 is 15.3 Å². The van der Waals surface area contributed by atoms with Crippen molar-refractivity contribution in [2.24, 2.45) is 4.99 Å². The lowest BCUT2D eigenvalue weighted by Gasteiger charge is -2.21. The predicted octanol–water partition coefficient (Wildman–Crippen LogP) is 3.72. The molecule has 3 aromatic rings. The molecule has 1 aromatic heterocycles. The number of aliphatic imine (C=N–C) groups is 1. The predicted molar refractivity (Wildman–Crippen MR) is 128 cm³/mol. The number of halogens is 2. The highest BCUT2D eigenvalue weighted by Crippen LogP contribution is 2.12. The van der Waals surface area contributed by atoms with Crippen molar-refractivity contribution in [3.63, 3.8) is 0 Å². The number of rotatable bonds is 7. The van der Waals surface area contributed by atoms with E-state index in [9.17, 15) is 9.50 Å². The quantitative estimate of drug-likeness (QED) is 0.282. The molecule has 0 aliphatic heterocycles. The van der Waals surface area contributed by atoms with Gasteiger partial charge in [-0.1, -0.05) is 24.3 Å². The van der Waals surface area contributed by atoms with Crippen LogP contribution in [-0.2, 0) is 19.7 Å². The van der Waals surface area contributed by atoms with E-state index in [2.05, 4.69) is 15.4 Å². The van der Waals surface area contributed by atoms with Gasteiger partial charge in [0.2, 0.25) is 0 Å². The smallest absolute Gasteiger partial charge is 0.194 e. The second-order valence-corrected chi connectivity index (χ2v) is 6.74. The minimum Gasteiger partial charge on any atom is -0.392 e. The first kappa shape index (κ1) is 23.8. The summed E-state index contributed by atoms with van der Waals surface area (Å²) in [5.74, 6) is 0.342. The summed E-state index contributed by atoms with van der Waals surface area (Å²) < 4.78 is 15.4. The summed E-state index contributed by atoms with van der Waals surface area (Å²) in [7, 11) is 1.96. The lowest BCUT2D eigenvalue weighted by molar-refractivity contribution is 0.275. The van der Waals surface area contributed by atoms with Gasteiger partial charge in [0.15, 0.2) is 5.96 Å². The number of aliphatic hydroxyl groups excluding tert-OH is 1. The van der Waals surface area contributed by atoms with E-state index in [-0.39, 0.29) is 36.1 Å². The molecular formula is C22H27FIN5O. The second-order valence-electron chi connectivity index (χ2n) is 6.74. The van der Waals surface area contributed by atoms with Gasteiger partial charge in [0.05, 0.1) is 25.0 Å². The maximum absolute atomic E-state index is 13.6. The van der Waals surface area contributed by atoms with Gasteiger partial charge in [-0.2, -0.15) is 5.10 Å². The molecule has 0 saturated heterocycles. The zero-order chi connectivity index (χ0) is 20.6. The topological polar surface area (TPSA) is 65.7 Å².